The van der Waals surface area contributed by atoms with Crippen LogP contribution in [0, 0.1) is 5.92 Å². The molecule has 2 unspecified atom stereocenters. The molecule has 19 heavy (non-hydrogen) atoms. The second-order valence-electron chi connectivity index (χ2n) is 5.23. The average molecular weight is 273 g/mol. The SMILES string of the molecule is CCCCOCCOCC(NCCC)C1CCOC1. The lowest BCUT2D eigenvalue weighted by Crippen LogP contribution is -2.41. The molecular weight excluding hydrogens is 242 g/mol. The monoisotopic (exact) mass is 273 g/mol. The molecule has 0 amide bonds. The van der Waals surface area contributed by atoms with Crippen LogP contribution in [0.1, 0.15) is 39.5 Å². The Morgan fingerprint density at radius 2 is 2.00 bits per heavy atom. The smallest absolute Gasteiger partial charge is 0.0701 e. The predicted molar refractivity (Wildman–Crippen MR) is 77.6 cm³/mol. The summed E-state index contributed by atoms with van der Waals surface area (Å²) in [6.45, 7) is 10.2. The van der Waals surface area contributed by atoms with Gasteiger partial charge in [0, 0.05) is 25.2 Å². The third kappa shape index (κ3) is 7.88. The van der Waals surface area contributed by atoms with E-state index in [0.717, 1.165) is 52.2 Å². The van der Waals surface area contributed by atoms with Gasteiger partial charge in [-0.1, -0.05) is 20.3 Å². The van der Waals surface area contributed by atoms with Crippen molar-refractivity contribution < 1.29 is 14.2 Å². The molecule has 4 heteroatoms. The van der Waals surface area contributed by atoms with Gasteiger partial charge in [0.25, 0.3) is 0 Å². The summed E-state index contributed by atoms with van der Waals surface area (Å²) >= 11 is 0. The molecule has 1 aliphatic rings. The summed E-state index contributed by atoms with van der Waals surface area (Å²) in [6.07, 6.45) is 4.63. The molecule has 0 aliphatic carbocycles. The topological polar surface area (TPSA) is 39.7 Å². The molecule has 0 saturated carbocycles. The van der Waals surface area contributed by atoms with Gasteiger partial charge in [-0.3, -0.25) is 0 Å². The second kappa shape index (κ2) is 11.6. The standard InChI is InChI=1S/C15H31NO3/c1-3-5-8-17-10-11-19-13-15(16-7-4-2)14-6-9-18-12-14/h14-16H,3-13H2,1-2H3. The molecule has 0 bridgehead atoms. The van der Waals surface area contributed by atoms with Crippen LogP contribution in [0.3, 0.4) is 0 Å². The molecule has 0 aromatic carbocycles. The van der Waals surface area contributed by atoms with Crippen molar-refractivity contribution in [3.8, 4) is 0 Å². The van der Waals surface area contributed by atoms with E-state index in [9.17, 15) is 0 Å². The predicted octanol–water partition coefficient (Wildman–Crippen LogP) is 2.22. The Morgan fingerprint density at radius 1 is 1.16 bits per heavy atom. The quantitative estimate of drug-likeness (QED) is 0.554. The van der Waals surface area contributed by atoms with Gasteiger partial charge < -0.3 is 19.5 Å². The first-order valence-electron chi connectivity index (χ1n) is 7.85. The fourth-order valence-electron chi connectivity index (χ4n) is 2.24. The zero-order valence-electron chi connectivity index (χ0n) is 12.7. The zero-order valence-corrected chi connectivity index (χ0v) is 12.7. The molecule has 114 valence electrons. The van der Waals surface area contributed by atoms with Gasteiger partial charge in [0.1, 0.15) is 0 Å². The second-order valence-corrected chi connectivity index (χ2v) is 5.23. The van der Waals surface area contributed by atoms with E-state index < -0.39 is 0 Å². The Kier molecular flexibility index (Phi) is 10.4. The van der Waals surface area contributed by atoms with Crippen LogP contribution < -0.4 is 5.32 Å². The van der Waals surface area contributed by atoms with Gasteiger partial charge in [-0.15, -0.1) is 0 Å². The average Bonchev–Trinajstić information content (AvgIpc) is 2.95. The Balaban J connectivity index is 2.06. The van der Waals surface area contributed by atoms with Crippen LogP contribution in [0.4, 0.5) is 0 Å². The Morgan fingerprint density at radius 3 is 2.68 bits per heavy atom. The van der Waals surface area contributed by atoms with Crippen LogP contribution in [-0.4, -0.2) is 52.2 Å². The summed E-state index contributed by atoms with van der Waals surface area (Å²) < 4.78 is 16.7. The first-order valence-corrected chi connectivity index (χ1v) is 7.85. The van der Waals surface area contributed by atoms with Crippen LogP contribution in [0.25, 0.3) is 0 Å². The van der Waals surface area contributed by atoms with Gasteiger partial charge in [-0.25, -0.2) is 0 Å². The highest BCUT2D eigenvalue weighted by molar-refractivity contribution is 4.79. The number of ether oxygens (including phenoxy) is 3. The molecule has 1 N–H and O–H groups in total. The summed E-state index contributed by atoms with van der Waals surface area (Å²) in [5, 5.41) is 3.58. The molecule has 1 rings (SSSR count). The number of rotatable bonds is 12. The normalized spacial score (nSPS) is 20.8. The van der Waals surface area contributed by atoms with E-state index in [1.807, 2.05) is 0 Å². The van der Waals surface area contributed by atoms with Gasteiger partial charge in [-0.05, 0) is 25.8 Å². The number of hydrogen-bond acceptors (Lipinski definition) is 4. The summed E-state index contributed by atoms with van der Waals surface area (Å²) in [7, 11) is 0. The number of unbranched alkanes of at least 4 members (excludes halogenated alkanes) is 1. The molecule has 1 saturated heterocycles. The van der Waals surface area contributed by atoms with Gasteiger partial charge >= 0.3 is 0 Å². The van der Waals surface area contributed by atoms with Crippen molar-refractivity contribution in [2.45, 2.75) is 45.6 Å². The summed E-state index contributed by atoms with van der Waals surface area (Å²) in [5.74, 6) is 0.604. The molecule has 1 aliphatic heterocycles. The van der Waals surface area contributed by atoms with E-state index in [4.69, 9.17) is 14.2 Å². The van der Waals surface area contributed by atoms with Gasteiger partial charge in [0.05, 0.1) is 26.4 Å². The molecule has 0 aromatic heterocycles. The minimum Gasteiger partial charge on any atom is -0.381 e. The van der Waals surface area contributed by atoms with E-state index in [-0.39, 0.29) is 0 Å². The van der Waals surface area contributed by atoms with Crippen molar-refractivity contribution in [2.24, 2.45) is 5.92 Å². The maximum Gasteiger partial charge on any atom is 0.0701 e. The third-order valence-corrected chi connectivity index (χ3v) is 3.50. The first kappa shape index (κ1) is 16.9. The highest BCUT2D eigenvalue weighted by Crippen LogP contribution is 2.17. The van der Waals surface area contributed by atoms with Crippen LogP contribution in [0.15, 0.2) is 0 Å². The van der Waals surface area contributed by atoms with E-state index in [1.165, 1.54) is 6.42 Å². The minimum atomic E-state index is 0.429. The molecular formula is C15H31NO3. The molecule has 0 aromatic rings. The number of nitrogens with one attached hydrogen (secondary N) is 1. The Bertz CT molecular complexity index is 196. The maximum atomic E-state index is 5.74. The van der Waals surface area contributed by atoms with Crippen molar-refractivity contribution in [2.75, 3.05) is 46.2 Å². The van der Waals surface area contributed by atoms with Gasteiger partial charge in [-0.2, -0.15) is 0 Å². The molecule has 1 heterocycles. The fourth-order valence-corrected chi connectivity index (χ4v) is 2.24. The van der Waals surface area contributed by atoms with E-state index in [2.05, 4.69) is 19.2 Å². The molecule has 0 spiro atoms. The molecule has 1 fully saturated rings. The van der Waals surface area contributed by atoms with Crippen molar-refractivity contribution in [1.29, 1.82) is 0 Å². The third-order valence-electron chi connectivity index (χ3n) is 3.50. The Hall–Kier alpha value is -0.160. The van der Waals surface area contributed by atoms with Crippen LogP contribution in [-0.2, 0) is 14.2 Å². The molecule has 4 nitrogen and oxygen atoms in total. The lowest BCUT2D eigenvalue weighted by molar-refractivity contribution is 0.0302. The fraction of sp³-hybridized carbons (Fsp3) is 1.00. The summed E-state index contributed by atoms with van der Waals surface area (Å²) in [6, 6.07) is 0.429. The van der Waals surface area contributed by atoms with Gasteiger partial charge in [0.2, 0.25) is 0 Å². The lowest BCUT2D eigenvalue weighted by Gasteiger charge is -2.23. The lowest BCUT2D eigenvalue weighted by atomic mass is 9.99. The molecule has 0 radical (unpaired) electrons. The van der Waals surface area contributed by atoms with Crippen molar-refractivity contribution in [1.82, 2.24) is 5.32 Å². The van der Waals surface area contributed by atoms with E-state index in [1.54, 1.807) is 0 Å². The van der Waals surface area contributed by atoms with Crippen molar-refractivity contribution in [3.63, 3.8) is 0 Å². The first-order chi connectivity index (χ1) is 9.38. The van der Waals surface area contributed by atoms with Crippen LogP contribution in [0.2, 0.25) is 0 Å². The highest BCUT2D eigenvalue weighted by atomic mass is 16.5. The summed E-state index contributed by atoms with van der Waals surface area (Å²) in [4.78, 5) is 0. The van der Waals surface area contributed by atoms with Crippen LogP contribution in [0.5, 0.6) is 0 Å². The van der Waals surface area contributed by atoms with Crippen molar-refractivity contribution >= 4 is 0 Å². The molecule has 2 atom stereocenters. The van der Waals surface area contributed by atoms with Crippen molar-refractivity contribution in [3.05, 3.63) is 0 Å². The Labute approximate surface area is 118 Å². The van der Waals surface area contributed by atoms with Gasteiger partial charge in [0.15, 0.2) is 0 Å². The summed E-state index contributed by atoms with van der Waals surface area (Å²) in [5.41, 5.74) is 0. The van der Waals surface area contributed by atoms with E-state index in [0.29, 0.717) is 25.2 Å². The van der Waals surface area contributed by atoms with Crippen LogP contribution >= 0.6 is 0 Å². The number of hydrogen-bond donors (Lipinski definition) is 1. The minimum absolute atomic E-state index is 0.429. The maximum absolute atomic E-state index is 5.74. The largest absolute Gasteiger partial charge is 0.381 e. The van der Waals surface area contributed by atoms with E-state index >= 15 is 0 Å². The highest BCUT2D eigenvalue weighted by Gasteiger charge is 2.25. The zero-order chi connectivity index (χ0) is 13.8.